The van der Waals surface area contributed by atoms with E-state index >= 15 is 0 Å². The number of hydrogen-bond acceptors (Lipinski definition) is 3. The lowest BCUT2D eigenvalue weighted by molar-refractivity contribution is 0.180. The zero-order chi connectivity index (χ0) is 14.4. The molecule has 1 fully saturated rings. The van der Waals surface area contributed by atoms with Crippen molar-refractivity contribution in [2.75, 3.05) is 26.2 Å². The predicted octanol–water partition coefficient (Wildman–Crippen LogP) is 3.81. The van der Waals surface area contributed by atoms with E-state index < -0.39 is 0 Å². The van der Waals surface area contributed by atoms with Gasteiger partial charge in [-0.05, 0) is 43.5 Å². The van der Waals surface area contributed by atoms with Crippen LogP contribution in [0.1, 0.15) is 50.3 Å². The molecule has 0 unspecified atom stereocenters. The van der Waals surface area contributed by atoms with Gasteiger partial charge in [-0.3, -0.25) is 4.90 Å². The van der Waals surface area contributed by atoms with Gasteiger partial charge in [0, 0.05) is 24.2 Å². The number of ether oxygens (including phenoxy) is 1. The topological polar surface area (TPSA) is 25.4 Å². The number of piperidine rings is 1. The summed E-state index contributed by atoms with van der Waals surface area (Å²) in [5.74, 6) is 1.61. The first-order chi connectivity index (χ1) is 9.69. The maximum atomic E-state index is 5.94. The summed E-state index contributed by atoms with van der Waals surface area (Å²) in [5, 5.41) is 0. The summed E-state index contributed by atoms with van der Waals surface area (Å²) in [4.78, 5) is 7.03. The first kappa shape index (κ1) is 15.6. The van der Waals surface area contributed by atoms with Gasteiger partial charge in [0.2, 0.25) is 5.88 Å². The van der Waals surface area contributed by atoms with E-state index in [0.29, 0.717) is 24.3 Å². The smallest absolute Gasteiger partial charge is 0.213 e. The second-order valence-corrected chi connectivity index (χ2v) is 6.04. The average Bonchev–Trinajstić information content (AvgIpc) is 2.48. The largest absolute Gasteiger partial charge is 0.476 e. The number of nitrogens with zero attached hydrogens (tertiary/aromatic N) is 2. The second-order valence-electron chi connectivity index (χ2n) is 5.78. The molecule has 0 bridgehead atoms. The number of pyridine rings is 1. The summed E-state index contributed by atoms with van der Waals surface area (Å²) in [5.41, 5.74) is 2.13. The minimum Gasteiger partial charge on any atom is -0.476 e. The van der Waals surface area contributed by atoms with Crippen molar-refractivity contribution in [1.82, 2.24) is 9.88 Å². The molecule has 0 aliphatic carbocycles. The van der Waals surface area contributed by atoms with E-state index in [-0.39, 0.29) is 0 Å². The number of hydrogen-bond donors (Lipinski definition) is 0. The van der Waals surface area contributed by atoms with Gasteiger partial charge in [0.05, 0.1) is 0 Å². The Balaban J connectivity index is 1.89. The van der Waals surface area contributed by atoms with E-state index in [4.69, 9.17) is 16.3 Å². The Bertz CT molecular complexity index is 417. The van der Waals surface area contributed by atoms with Crippen LogP contribution in [0, 0.1) is 0 Å². The molecule has 0 aromatic carbocycles. The molecule has 1 aliphatic rings. The molecule has 2 rings (SSSR count). The minimum atomic E-state index is 0.391. The fraction of sp³-hybridized carbons (Fsp3) is 0.688. The van der Waals surface area contributed by atoms with Crippen molar-refractivity contribution in [2.24, 2.45) is 0 Å². The summed E-state index contributed by atoms with van der Waals surface area (Å²) in [6.07, 6.45) is 4.00. The van der Waals surface area contributed by atoms with Crippen LogP contribution in [0.15, 0.2) is 12.1 Å². The lowest BCUT2D eigenvalue weighted by atomic mass is 10.1. The third-order valence-corrected chi connectivity index (χ3v) is 4.04. The molecule has 2 heterocycles. The molecule has 0 radical (unpaired) electrons. The Kier molecular flexibility index (Phi) is 6.11. The van der Waals surface area contributed by atoms with E-state index in [1.165, 1.54) is 32.4 Å². The Morgan fingerprint density at radius 1 is 1.25 bits per heavy atom. The lowest BCUT2D eigenvalue weighted by Crippen LogP contribution is -2.33. The molecule has 0 amide bonds. The molecule has 1 aromatic heterocycles. The number of aromatic nitrogens is 1. The van der Waals surface area contributed by atoms with Gasteiger partial charge in [0.25, 0.3) is 0 Å². The van der Waals surface area contributed by atoms with E-state index in [1.54, 1.807) is 0 Å². The standard InChI is InChI=1S/C16H25ClN2O/c1-13(2)15-10-14(12-17)11-16(18-15)20-9-8-19-6-4-3-5-7-19/h10-11,13H,3-9,12H2,1-2H3. The zero-order valence-electron chi connectivity index (χ0n) is 12.6. The van der Waals surface area contributed by atoms with E-state index in [1.807, 2.05) is 6.07 Å². The van der Waals surface area contributed by atoms with Crippen LogP contribution in [-0.4, -0.2) is 36.1 Å². The molecule has 1 aromatic rings. The monoisotopic (exact) mass is 296 g/mol. The van der Waals surface area contributed by atoms with Crippen molar-refractivity contribution in [1.29, 1.82) is 0 Å². The van der Waals surface area contributed by atoms with Gasteiger partial charge in [0.1, 0.15) is 6.61 Å². The second kappa shape index (κ2) is 7.84. The van der Waals surface area contributed by atoms with Crippen LogP contribution in [0.25, 0.3) is 0 Å². The molecule has 0 N–H and O–H groups in total. The third kappa shape index (κ3) is 4.64. The maximum Gasteiger partial charge on any atom is 0.213 e. The average molecular weight is 297 g/mol. The highest BCUT2D eigenvalue weighted by Crippen LogP contribution is 2.20. The molecule has 4 heteroatoms. The molecule has 1 saturated heterocycles. The number of halogens is 1. The quantitative estimate of drug-likeness (QED) is 0.747. The highest BCUT2D eigenvalue weighted by molar-refractivity contribution is 6.17. The Hall–Kier alpha value is -0.800. The van der Waals surface area contributed by atoms with Gasteiger partial charge in [-0.15, -0.1) is 11.6 Å². The van der Waals surface area contributed by atoms with Gasteiger partial charge in [-0.25, -0.2) is 4.98 Å². The summed E-state index contributed by atoms with van der Waals surface area (Å²) in [7, 11) is 0. The van der Waals surface area contributed by atoms with Crippen molar-refractivity contribution in [3.63, 3.8) is 0 Å². The van der Waals surface area contributed by atoms with Crippen LogP contribution in [0.3, 0.4) is 0 Å². The Morgan fingerprint density at radius 2 is 2.00 bits per heavy atom. The summed E-state index contributed by atoms with van der Waals surface area (Å²) >= 11 is 5.94. The van der Waals surface area contributed by atoms with Crippen molar-refractivity contribution < 1.29 is 4.74 Å². The summed E-state index contributed by atoms with van der Waals surface area (Å²) < 4.78 is 5.83. The van der Waals surface area contributed by atoms with E-state index in [9.17, 15) is 0 Å². The fourth-order valence-corrected chi connectivity index (χ4v) is 2.65. The van der Waals surface area contributed by atoms with Gasteiger partial charge < -0.3 is 4.74 Å². The van der Waals surface area contributed by atoms with Crippen LogP contribution in [-0.2, 0) is 5.88 Å². The van der Waals surface area contributed by atoms with Gasteiger partial charge in [-0.1, -0.05) is 20.3 Å². The number of rotatable bonds is 6. The first-order valence-corrected chi connectivity index (χ1v) is 8.14. The first-order valence-electron chi connectivity index (χ1n) is 7.61. The molecule has 3 nitrogen and oxygen atoms in total. The van der Waals surface area contributed by atoms with Crippen LogP contribution in [0.4, 0.5) is 0 Å². The molecule has 112 valence electrons. The van der Waals surface area contributed by atoms with Gasteiger partial charge in [0.15, 0.2) is 0 Å². The Labute approximate surface area is 127 Å². The fourth-order valence-electron chi connectivity index (χ4n) is 2.49. The van der Waals surface area contributed by atoms with E-state index in [0.717, 1.165) is 17.8 Å². The molecular weight excluding hydrogens is 272 g/mol. The van der Waals surface area contributed by atoms with Crippen molar-refractivity contribution >= 4 is 11.6 Å². The van der Waals surface area contributed by atoms with Crippen molar-refractivity contribution in [3.8, 4) is 5.88 Å². The highest BCUT2D eigenvalue weighted by Gasteiger charge is 2.11. The lowest BCUT2D eigenvalue weighted by Gasteiger charge is -2.26. The van der Waals surface area contributed by atoms with E-state index in [2.05, 4.69) is 29.8 Å². The Morgan fingerprint density at radius 3 is 2.65 bits per heavy atom. The molecule has 1 aliphatic heterocycles. The maximum absolute atomic E-state index is 5.94. The van der Waals surface area contributed by atoms with Crippen LogP contribution < -0.4 is 4.74 Å². The van der Waals surface area contributed by atoms with Crippen LogP contribution in [0.2, 0.25) is 0 Å². The number of alkyl halides is 1. The van der Waals surface area contributed by atoms with Crippen LogP contribution in [0.5, 0.6) is 5.88 Å². The minimum absolute atomic E-state index is 0.391. The predicted molar refractivity (Wildman–Crippen MR) is 83.7 cm³/mol. The molecule has 0 atom stereocenters. The summed E-state index contributed by atoms with van der Waals surface area (Å²) in [6.45, 7) is 8.38. The van der Waals surface area contributed by atoms with Crippen molar-refractivity contribution in [2.45, 2.75) is 44.9 Å². The molecule has 0 spiro atoms. The molecule has 20 heavy (non-hydrogen) atoms. The highest BCUT2D eigenvalue weighted by atomic mass is 35.5. The van der Waals surface area contributed by atoms with Crippen LogP contribution >= 0.6 is 11.6 Å². The van der Waals surface area contributed by atoms with Crippen molar-refractivity contribution in [3.05, 3.63) is 23.4 Å². The third-order valence-electron chi connectivity index (χ3n) is 3.73. The normalized spacial score (nSPS) is 16.6. The number of likely N-dealkylation sites (tertiary alicyclic amines) is 1. The van der Waals surface area contributed by atoms with Gasteiger partial charge >= 0.3 is 0 Å². The SMILES string of the molecule is CC(C)c1cc(CCl)cc(OCCN2CCCCC2)n1. The van der Waals surface area contributed by atoms with Gasteiger partial charge in [-0.2, -0.15) is 0 Å². The molecular formula is C16H25ClN2O. The zero-order valence-corrected chi connectivity index (χ0v) is 13.3. The summed E-state index contributed by atoms with van der Waals surface area (Å²) in [6, 6.07) is 4.02. The molecule has 0 saturated carbocycles.